The van der Waals surface area contributed by atoms with Gasteiger partial charge in [0, 0.05) is 7.05 Å². The largest absolute Gasteiger partial charge is 0.447 e. The molecule has 5 nitrogen and oxygen atoms in total. The van der Waals surface area contributed by atoms with Crippen molar-refractivity contribution in [2.45, 2.75) is 10.2 Å². The molecule has 0 spiro atoms. The molecule has 2 aromatic heterocycles. The van der Waals surface area contributed by atoms with Crippen molar-refractivity contribution in [3.8, 4) is 0 Å². The zero-order valence-electron chi connectivity index (χ0n) is 7.38. The van der Waals surface area contributed by atoms with Crippen molar-refractivity contribution in [3.63, 3.8) is 0 Å². The summed E-state index contributed by atoms with van der Waals surface area (Å²) in [6.07, 6.45) is 2.27. The van der Waals surface area contributed by atoms with E-state index in [1.807, 2.05) is 7.05 Å². The van der Waals surface area contributed by atoms with Crippen molar-refractivity contribution in [2.24, 2.45) is 7.05 Å². The lowest BCUT2D eigenvalue weighted by Crippen LogP contribution is -1.87. The van der Waals surface area contributed by atoms with Crippen LogP contribution in [0, 0.1) is 0 Å². The van der Waals surface area contributed by atoms with Crippen molar-refractivity contribution in [1.29, 1.82) is 0 Å². The average molecular weight is 209 g/mol. The highest BCUT2D eigenvalue weighted by molar-refractivity contribution is 7.99. The molecule has 0 aliphatic carbocycles. The second-order valence-electron chi connectivity index (χ2n) is 2.60. The molecule has 0 aliphatic rings. The predicted octanol–water partition coefficient (Wildman–Crippen LogP) is 1.37. The second-order valence-corrected chi connectivity index (χ2v) is 3.57. The summed E-state index contributed by atoms with van der Waals surface area (Å²) in [4.78, 5) is 10.4. The maximum absolute atomic E-state index is 10.4. The topological polar surface area (TPSA) is 60.9 Å². The van der Waals surface area contributed by atoms with E-state index in [1.54, 1.807) is 23.0 Å². The fourth-order valence-electron chi connectivity index (χ4n) is 0.908. The molecule has 0 aromatic carbocycles. The number of rotatable bonds is 3. The van der Waals surface area contributed by atoms with E-state index >= 15 is 0 Å². The predicted molar refractivity (Wildman–Crippen MR) is 49.2 cm³/mol. The smallest absolute Gasteiger partial charge is 0.198 e. The van der Waals surface area contributed by atoms with Crippen LogP contribution >= 0.6 is 11.8 Å². The first-order valence-corrected chi connectivity index (χ1v) is 4.68. The van der Waals surface area contributed by atoms with Gasteiger partial charge in [0.05, 0.1) is 0 Å². The number of carbonyl (C=O) groups is 1. The van der Waals surface area contributed by atoms with Crippen LogP contribution in [0.1, 0.15) is 10.6 Å². The van der Waals surface area contributed by atoms with Gasteiger partial charge in [-0.25, -0.2) is 0 Å². The van der Waals surface area contributed by atoms with Gasteiger partial charge < -0.3 is 8.98 Å². The van der Waals surface area contributed by atoms with Gasteiger partial charge in [0.15, 0.2) is 22.3 Å². The Morgan fingerprint density at radius 3 is 3.00 bits per heavy atom. The van der Waals surface area contributed by atoms with Crippen molar-refractivity contribution in [2.75, 3.05) is 0 Å². The molecule has 0 amide bonds. The van der Waals surface area contributed by atoms with Crippen LogP contribution in [0.2, 0.25) is 0 Å². The first kappa shape index (κ1) is 9.01. The molecule has 0 bridgehead atoms. The molecule has 0 radical (unpaired) electrons. The lowest BCUT2D eigenvalue weighted by atomic mass is 10.5. The molecule has 2 aromatic rings. The third-order valence-electron chi connectivity index (χ3n) is 1.58. The van der Waals surface area contributed by atoms with Gasteiger partial charge in [0.2, 0.25) is 0 Å². The van der Waals surface area contributed by atoms with Gasteiger partial charge in [-0.15, -0.1) is 10.2 Å². The van der Waals surface area contributed by atoms with E-state index in [0.29, 0.717) is 17.1 Å². The van der Waals surface area contributed by atoms with Crippen LogP contribution in [0.15, 0.2) is 33.1 Å². The molecule has 72 valence electrons. The number of aryl methyl sites for hydroxylation is 1. The van der Waals surface area contributed by atoms with Crippen LogP contribution in [0.3, 0.4) is 0 Å². The summed E-state index contributed by atoms with van der Waals surface area (Å²) in [6.45, 7) is 0. The van der Waals surface area contributed by atoms with Crippen molar-refractivity contribution >= 4 is 18.0 Å². The third kappa shape index (κ3) is 1.69. The first-order valence-electron chi connectivity index (χ1n) is 3.86. The zero-order chi connectivity index (χ0) is 9.97. The Hall–Kier alpha value is -1.56. The van der Waals surface area contributed by atoms with E-state index in [-0.39, 0.29) is 0 Å². The Morgan fingerprint density at radius 1 is 1.57 bits per heavy atom. The van der Waals surface area contributed by atoms with E-state index in [1.165, 1.54) is 11.8 Å². The number of hydrogen-bond donors (Lipinski definition) is 0. The summed E-state index contributed by atoms with van der Waals surface area (Å²) in [5.74, 6) is 0.315. The van der Waals surface area contributed by atoms with Crippen molar-refractivity contribution in [1.82, 2.24) is 14.8 Å². The normalized spacial score (nSPS) is 10.4. The van der Waals surface area contributed by atoms with Crippen molar-refractivity contribution in [3.05, 3.63) is 24.2 Å². The average Bonchev–Trinajstić information content (AvgIpc) is 2.77. The minimum atomic E-state index is 0.315. The van der Waals surface area contributed by atoms with Gasteiger partial charge in [0.25, 0.3) is 0 Å². The fraction of sp³-hybridized carbons (Fsp3) is 0.125. The van der Waals surface area contributed by atoms with E-state index in [0.717, 1.165) is 5.16 Å². The maximum Gasteiger partial charge on any atom is 0.198 e. The Labute approximate surface area is 84.1 Å². The SMILES string of the molecule is Cn1cnnc1Sc1ccc(C=O)o1. The number of furan rings is 1. The minimum absolute atomic E-state index is 0.315. The monoisotopic (exact) mass is 209 g/mol. The zero-order valence-corrected chi connectivity index (χ0v) is 8.19. The van der Waals surface area contributed by atoms with E-state index in [2.05, 4.69) is 10.2 Å². The minimum Gasteiger partial charge on any atom is -0.447 e. The highest BCUT2D eigenvalue weighted by Crippen LogP contribution is 2.26. The van der Waals surface area contributed by atoms with E-state index in [9.17, 15) is 4.79 Å². The molecule has 0 N–H and O–H groups in total. The number of hydrogen-bond acceptors (Lipinski definition) is 5. The van der Waals surface area contributed by atoms with E-state index in [4.69, 9.17) is 4.42 Å². The number of carbonyl (C=O) groups excluding carboxylic acids is 1. The molecule has 0 saturated carbocycles. The van der Waals surface area contributed by atoms with Gasteiger partial charge in [-0.05, 0) is 23.9 Å². The second kappa shape index (κ2) is 3.67. The summed E-state index contributed by atoms with van der Waals surface area (Å²) in [5.41, 5.74) is 0. The first-order chi connectivity index (χ1) is 6.79. The van der Waals surface area contributed by atoms with Gasteiger partial charge in [0.1, 0.15) is 6.33 Å². The van der Waals surface area contributed by atoms with Crippen LogP contribution in [0.4, 0.5) is 0 Å². The standard InChI is InChI=1S/C8H7N3O2S/c1-11-5-9-10-8(11)14-7-3-2-6(4-12)13-7/h2-5H,1H3. The summed E-state index contributed by atoms with van der Waals surface area (Å²) in [6, 6.07) is 3.34. The maximum atomic E-state index is 10.4. The fourth-order valence-corrected chi connectivity index (χ4v) is 1.64. The number of nitrogens with zero attached hydrogens (tertiary/aromatic N) is 3. The molecule has 0 saturated heterocycles. The van der Waals surface area contributed by atoms with Crippen LogP contribution in [0.25, 0.3) is 0 Å². The Kier molecular flexibility index (Phi) is 2.36. The molecule has 6 heteroatoms. The molecule has 0 unspecified atom stereocenters. The lowest BCUT2D eigenvalue weighted by Gasteiger charge is -1.94. The van der Waals surface area contributed by atoms with Crippen LogP contribution in [-0.4, -0.2) is 21.1 Å². The highest BCUT2D eigenvalue weighted by Gasteiger charge is 2.07. The summed E-state index contributed by atoms with van der Waals surface area (Å²) in [5, 5.41) is 8.95. The summed E-state index contributed by atoms with van der Waals surface area (Å²) >= 11 is 1.32. The molecular formula is C8H7N3O2S. The molecule has 2 rings (SSSR count). The van der Waals surface area contributed by atoms with Crippen LogP contribution in [0.5, 0.6) is 0 Å². The van der Waals surface area contributed by atoms with Gasteiger partial charge in [-0.1, -0.05) is 0 Å². The molecule has 0 aliphatic heterocycles. The molecule has 14 heavy (non-hydrogen) atoms. The molecule has 0 fully saturated rings. The Morgan fingerprint density at radius 2 is 2.43 bits per heavy atom. The van der Waals surface area contributed by atoms with Gasteiger partial charge >= 0.3 is 0 Å². The molecule has 2 heterocycles. The highest BCUT2D eigenvalue weighted by atomic mass is 32.2. The quantitative estimate of drug-likeness (QED) is 0.714. The van der Waals surface area contributed by atoms with Gasteiger partial charge in [-0.3, -0.25) is 4.79 Å². The van der Waals surface area contributed by atoms with Crippen molar-refractivity contribution < 1.29 is 9.21 Å². The Bertz CT molecular complexity index is 449. The number of aldehydes is 1. The van der Waals surface area contributed by atoms with Gasteiger partial charge in [-0.2, -0.15) is 0 Å². The molecule has 0 atom stereocenters. The Balaban J connectivity index is 2.18. The third-order valence-corrected chi connectivity index (χ3v) is 2.55. The van der Waals surface area contributed by atoms with Crippen LogP contribution in [-0.2, 0) is 7.05 Å². The lowest BCUT2D eigenvalue weighted by molar-refractivity contribution is 0.109. The van der Waals surface area contributed by atoms with E-state index < -0.39 is 0 Å². The summed E-state index contributed by atoms with van der Waals surface area (Å²) in [7, 11) is 1.84. The molecular weight excluding hydrogens is 202 g/mol. The summed E-state index contributed by atoms with van der Waals surface area (Å²) < 4.78 is 6.95. The van der Waals surface area contributed by atoms with Crippen LogP contribution < -0.4 is 0 Å². The number of aromatic nitrogens is 3.